The van der Waals surface area contributed by atoms with E-state index in [-0.39, 0.29) is 23.6 Å². The van der Waals surface area contributed by atoms with Gasteiger partial charge in [-0.2, -0.15) is 9.78 Å². The van der Waals surface area contributed by atoms with Gasteiger partial charge in [0.15, 0.2) is 5.78 Å². The van der Waals surface area contributed by atoms with Crippen molar-refractivity contribution in [3.05, 3.63) is 57.5 Å². The third-order valence-electron chi connectivity index (χ3n) is 3.11. The fourth-order valence-electron chi connectivity index (χ4n) is 1.99. The Morgan fingerprint density at radius 3 is 2.55 bits per heavy atom. The van der Waals surface area contributed by atoms with Crippen molar-refractivity contribution in [2.24, 2.45) is 0 Å². The average molecular weight is 300 g/mol. The van der Waals surface area contributed by atoms with E-state index in [1.807, 2.05) is 19.1 Å². The molecule has 1 aromatic heterocycles. The summed E-state index contributed by atoms with van der Waals surface area (Å²) < 4.78 is 5.94. The Hall–Kier alpha value is -2.76. The van der Waals surface area contributed by atoms with Crippen LogP contribution in [0.5, 0.6) is 0 Å². The van der Waals surface area contributed by atoms with Crippen molar-refractivity contribution >= 4 is 11.8 Å². The number of Topliss-reactive ketones (excluding diaryl/α,β-unsaturated/α-hetero) is 1. The van der Waals surface area contributed by atoms with E-state index in [2.05, 4.69) is 5.10 Å². The highest BCUT2D eigenvalue weighted by Gasteiger charge is 2.19. The van der Waals surface area contributed by atoms with E-state index in [1.54, 1.807) is 19.1 Å². The van der Waals surface area contributed by atoms with Crippen LogP contribution < -0.4 is 5.56 Å². The summed E-state index contributed by atoms with van der Waals surface area (Å²) in [7, 11) is 0. The fraction of sp³-hybridized carbons (Fsp3) is 0.250. The molecule has 0 atom stereocenters. The summed E-state index contributed by atoms with van der Waals surface area (Å²) >= 11 is 0. The van der Waals surface area contributed by atoms with Crippen LogP contribution in [0.4, 0.5) is 0 Å². The van der Waals surface area contributed by atoms with E-state index in [4.69, 9.17) is 4.74 Å². The number of aryl methyl sites for hydroxylation is 1. The third-order valence-corrected chi connectivity index (χ3v) is 3.11. The lowest BCUT2D eigenvalue weighted by molar-refractivity contribution is 0.0523. The van der Waals surface area contributed by atoms with E-state index in [9.17, 15) is 14.4 Å². The standard InChI is InChI=1S/C16H16N2O4/c1-4-22-16(21)12-9-13(11(3)19)17-18(15(12)20)14-8-6-5-7-10(14)2/h5-9H,4H2,1-3H3. The minimum absolute atomic E-state index is 0.0332. The molecule has 0 saturated heterocycles. The van der Waals surface area contributed by atoms with Crippen LogP contribution in [0.2, 0.25) is 0 Å². The highest BCUT2D eigenvalue weighted by molar-refractivity contribution is 5.96. The maximum Gasteiger partial charge on any atom is 0.343 e. The maximum absolute atomic E-state index is 12.5. The quantitative estimate of drug-likeness (QED) is 0.636. The van der Waals surface area contributed by atoms with E-state index in [0.717, 1.165) is 10.2 Å². The summed E-state index contributed by atoms with van der Waals surface area (Å²) in [5, 5.41) is 4.05. The van der Waals surface area contributed by atoms with Gasteiger partial charge < -0.3 is 4.74 Å². The molecule has 2 rings (SSSR count). The van der Waals surface area contributed by atoms with E-state index in [1.165, 1.54) is 13.0 Å². The Labute approximate surface area is 127 Å². The Balaban J connectivity index is 2.74. The van der Waals surface area contributed by atoms with Crippen LogP contribution in [0, 0.1) is 6.92 Å². The number of ether oxygens (including phenoxy) is 1. The predicted octanol–water partition coefficient (Wildman–Crippen LogP) is 1.92. The second-order valence-electron chi connectivity index (χ2n) is 4.72. The summed E-state index contributed by atoms with van der Waals surface area (Å²) in [5.41, 5.74) is 0.530. The SMILES string of the molecule is CCOC(=O)c1cc(C(C)=O)nn(-c2ccccc2C)c1=O. The minimum atomic E-state index is -0.764. The van der Waals surface area contributed by atoms with Gasteiger partial charge in [-0.15, -0.1) is 0 Å². The van der Waals surface area contributed by atoms with E-state index < -0.39 is 11.5 Å². The number of carbonyl (C=O) groups excluding carboxylic acids is 2. The maximum atomic E-state index is 12.5. The number of hydrogen-bond acceptors (Lipinski definition) is 5. The zero-order valence-electron chi connectivity index (χ0n) is 12.6. The minimum Gasteiger partial charge on any atom is -0.462 e. The molecule has 1 aromatic carbocycles. The van der Waals surface area contributed by atoms with Gasteiger partial charge in [-0.1, -0.05) is 18.2 Å². The second-order valence-corrected chi connectivity index (χ2v) is 4.72. The Morgan fingerprint density at radius 1 is 1.27 bits per heavy atom. The summed E-state index contributed by atoms with van der Waals surface area (Å²) in [4.78, 5) is 36.1. The van der Waals surface area contributed by atoms with E-state index in [0.29, 0.717) is 5.69 Å². The highest BCUT2D eigenvalue weighted by Crippen LogP contribution is 2.11. The zero-order chi connectivity index (χ0) is 16.3. The Morgan fingerprint density at radius 2 is 1.95 bits per heavy atom. The topological polar surface area (TPSA) is 78.3 Å². The Kier molecular flexibility index (Phi) is 4.50. The van der Waals surface area contributed by atoms with Crippen LogP contribution >= 0.6 is 0 Å². The molecule has 2 aromatic rings. The van der Waals surface area contributed by atoms with Crippen LogP contribution in [0.25, 0.3) is 5.69 Å². The smallest absolute Gasteiger partial charge is 0.343 e. The van der Waals surface area contributed by atoms with Crippen molar-refractivity contribution < 1.29 is 14.3 Å². The summed E-state index contributed by atoms with van der Waals surface area (Å²) in [6.45, 7) is 4.92. The number of esters is 1. The number of rotatable bonds is 4. The van der Waals surface area contributed by atoms with Crippen LogP contribution in [0.15, 0.2) is 35.1 Å². The van der Waals surface area contributed by atoms with Gasteiger partial charge >= 0.3 is 5.97 Å². The molecule has 6 nitrogen and oxygen atoms in total. The molecule has 0 aliphatic carbocycles. The Bertz CT molecular complexity index is 793. The molecule has 0 spiro atoms. The van der Waals surface area contributed by atoms with Crippen molar-refractivity contribution in [3.63, 3.8) is 0 Å². The first-order valence-corrected chi connectivity index (χ1v) is 6.84. The third kappa shape index (κ3) is 2.95. The first-order valence-electron chi connectivity index (χ1n) is 6.84. The molecule has 0 radical (unpaired) electrons. The van der Waals surface area contributed by atoms with Gasteiger partial charge in [-0.3, -0.25) is 9.59 Å². The molecule has 22 heavy (non-hydrogen) atoms. The van der Waals surface area contributed by atoms with Crippen LogP contribution in [-0.2, 0) is 4.74 Å². The largest absolute Gasteiger partial charge is 0.462 e. The number of carbonyl (C=O) groups is 2. The molecular formula is C16H16N2O4. The lowest BCUT2D eigenvalue weighted by atomic mass is 10.2. The first kappa shape index (κ1) is 15.6. The molecule has 0 unspecified atom stereocenters. The number of benzene rings is 1. The lowest BCUT2D eigenvalue weighted by Crippen LogP contribution is -2.30. The summed E-state index contributed by atoms with van der Waals surface area (Å²) in [6, 6.07) is 8.26. The van der Waals surface area contributed by atoms with Crippen LogP contribution in [0.3, 0.4) is 0 Å². The van der Waals surface area contributed by atoms with Crippen molar-refractivity contribution in [1.82, 2.24) is 9.78 Å². The first-order chi connectivity index (χ1) is 10.5. The highest BCUT2D eigenvalue weighted by atomic mass is 16.5. The number of para-hydroxylation sites is 1. The number of nitrogens with zero attached hydrogens (tertiary/aromatic N) is 2. The molecule has 6 heteroatoms. The van der Waals surface area contributed by atoms with Crippen molar-refractivity contribution in [3.8, 4) is 5.69 Å². The van der Waals surface area contributed by atoms with Gasteiger partial charge in [0.25, 0.3) is 5.56 Å². The molecular weight excluding hydrogens is 284 g/mol. The average Bonchev–Trinajstić information content (AvgIpc) is 2.48. The molecule has 1 heterocycles. The van der Waals surface area contributed by atoms with Gasteiger partial charge in [-0.25, -0.2) is 4.79 Å². The number of aromatic nitrogens is 2. The normalized spacial score (nSPS) is 10.3. The predicted molar refractivity (Wildman–Crippen MR) is 80.5 cm³/mol. The zero-order valence-corrected chi connectivity index (χ0v) is 12.6. The molecule has 0 aliphatic heterocycles. The number of hydrogen-bond donors (Lipinski definition) is 0. The van der Waals surface area contributed by atoms with Crippen LogP contribution in [-0.4, -0.2) is 28.1 Å². The monoisotopic (exact) mass is 300 g/mol. The molecule has 0 aliphatic rings. The molecule has 0 saturated carbocycles. The van der Waals surface area contributed by atoms with Gasteiger partial charge in [0, 0.05) is 6.92 Å². The fourth-order valence-corrected chi connectivity index (χ4v) is 1.99. The van der Waals surface area contributed by atoms with Gasteiger partial charge in [0.1, 0.15) is 11.3 Å². The molecule has 0 N–H and O–H groups in total. The molecule has 114 valence electrons. The van der Waals surface area contributed by atoms with Gasteiger partial charge in [0.2, 0.25) is 0 Å². The molecule has 0 fully saturated rings. The van der Waals surface area contributed by atoms with E-state index >= 15 is 0 Å². The summed E-state index contributed by atoms with van der Waals surface area (Å²) in [6.07, 6.45) is 0. The molecule has 0 bridgehead atoms. The number of ketones is 1. The van der Waals surface area contributed by atoms with Gasteiger partial charge in [0.05, 0.1) is 12.3 Å². The van der Waals surface area contributed by atoms with Crippen LogP contribution in [0.1, 0.15) is 40.3 Å². The summed E-state index contributed by atoms with van der Waals surface area (Å²) in [5.74, 6) is -1.10. The second kappa shape index (κ2) is 6.34. The molecule has 0 amide bonds. The van der Waals surface area contributed by atoms with Crippen molar-refractivity contribution in [2.45, 2.75) is 20.8 Å². The van der Waals surface area contributed by atoms with Gasteiger partial charge in [-0.05, 0) is 31.5 Å². The van der Waals surface area contributed by atoms with Crippen molar-refractivity contribution in [1.29, 1.82) is 0 Å². The lowest BCUT2D eigenvalue weighted by Gasteiger charge is -2.11. The van der Waals surface area contributed by atoms with Crippen molar-refractivity contribution in [2.75, 3.05) is 6.61 Å².